The molecule has 0 unspecified atom stereocenters. The van der Waals surface area contributed by atoms with E-state index in [0.29, 0.717) is 4.31 Å². The third kappa shape index (κ3) is 3.92. The monoisotopic (exact) mass is 297 g/mol. The van der Waals surface area contributed by atoms with E-state index in [9.17, 15) is 21.6 Å². The molecule has 0 saturated heterocycles. The van der Waals surface area contributed by atoms with Crippen molar-refractivity contribution in [3.63, 3.8) is 0 Å². The molecule has 0 spiro atoms. The summed E-state index contributed by atoms with van der Waals surface area (Å²) in [6.45, 7) is -0.673. The summed E-state index contributed by atoms with van der Waals surface area (Å²) < 4.78 is 62.6. The molecule has 4 nitrogen and oxygen atoms in total. The Hall–Kier alpha value is -1.12. The van der Waals surface area contributed by atoms with E-state index in [0.717, 1.165) is 12.1 Å². The highest BCUT2D eigenvalue weighted by Crippen LogP contribution is 2.21. The molecule has 1 rings (SSSR count). The Kier molecular flexibility index (Phi) is 5.33. The summed E-state index contributed by atoms with van der Waals surface area (Å²) in [5.74, 6) is -0.773. The van der Waals surface area contributed by atoms with Gasteiger partial charge in [-0.2, -0.15) is 4.31 Å². The van der Waals surface area contributed by atoms with Crippen molar-refractivity contribution in [1.29, 1.82) is 0 Å². The van der Waals surface area contributed by atoms with Gasteiger partial charge < -0.3 is 5.11 Å². The first-order valence-corrected chi connectivity index (χ1v) is 6.88. The minimum absolute atomic E-state index is 0.249. The number of rotatable bonds is 6. The van der Waals surface area contributed by atoms with Gasteiger partial charge >= 0.3 is 0 Å². The summed E-state index contributed by atoms with van der Waals surface area (Å²) in [6.07, 6.45) is -2.88. The normalized spacial score (nSPS) is 12.4. The van der Waals surface area contributed by atoms with Crippen LogP contribution in [0.25, 0.3) is 0 Å². The number of aliphatic hydroxyl groups excluding tert-OH is 1. The van der Waals surface area contributed by atoms with Gasteiger partial charge in [0.2, 0.25) is 10.0 Å². The van der Waals surface area contributed by atoms with Crippen LogP contribution in [0.4, 0.5) is 13.2 Å². The minimum atomic E-state index is -4.26. The summed E-state index contributed by atoms with van der Waals surface area (Å²) in [5.41, 5.74) is 0.249. The molecule has 0 aliphatic rings. The van der Waals surface area contributed by atoms with E-state index in [1.807, 2.05) is 0 Å². The molecule has 0 aliphatic heterocycles. The number of benzene rings is 1. The lowest BCUT2D eigenvalue weighted by atomic mass is 10.2. The second-order valence-electron chi connectivity index (χ2n) is 3.89. The number of aryl methyl sites for hydroxylation is 1. The SMILES string of the molecule is Cc1ccc(F)cc1S(=O)(=O)N(CCO)CC(F)F. The van der Waals surface area contributed by atoms with Gasteiger partial charge in [-0.1, -0.05) is 6.07 Å². The molecule has 0 fully saturated rings. The lowest BCUT2D eigenvalue weighted by Crippen LogP contribution is -2.37. The highest BCUT2D eigenvalue weighted by atomic mass is 32.2. The molecule has 0 atom stereocenters. The molecule has 0 radical (unpaired) electrons. The standard InChI is InChI=1S/C11H14F3NO3S/c1-8-2-3-9(12)6-10(8)19(17,18)15(4-5-16)7-11(13)14/h2-3,6,11,16H,4-5,7H2,1H3. The fourth-order valence-electron chi connectivity index (χ4n) is 1.57. The van der Waals surface area contributed by atoms with Gasteiger partial charge in [0.1, 0.15) is 5.82 Å². The molecular weight excluding hydrogens is 283 g/mol. The fraction of sp³-hybridized carbons (Fsp3) is 0.455. The van der Waals surface area contributed by atoms with Crippen molar-refractivity contribution in [2.75, 3.05) is 19.7 Å². The summed E-state index contributed by atoms with van der Waals surface area (Å²) in [6, 6.07) is 3.11. The summed E-state index contributed by atoms with van der Waals surface area (Å²) >= 11 is 0. The Labute approximate surface area is 109 Å². The van der Waals surface area contributed by atoms with Crippen molar-refractivity contribution in [3.05, 3.63) is 29.6 Å². The smallest absolute Gasteiger partial charge is 0.252 e. The predicted molar refractivity (Wildman–Crippen MR) is 63.0 cm³/mol. The molecule has 8 heteroatoms. The number of aliphatic hydroxyl groups is 1. The van der Waals surface area contributed by atoms with Crippen LogP contribution in [0.1, 0.15) is 5.56 Å². The van der Waals surface area contributed by atoms with Gasteiger partial charge in [-0.3, -0.25) is 0 Å². The molecule has 0 aliphatic carbocycles. The van der Waals surface area contributed by atoms with E-state index in [1.165, 1.54) is 13.0 Å². The van der Waals surface area contributed by atoms with E-state index < -0.39 is 42.0 Å². The van der Waals surface area contributed by atoms with Crippen molar-refractivity contribution in [2.45, 2.75) is 18.2 Å². The lowest BCUT2D eigenvalue weighted by molar-refractivity contribution is 0.113. The van der Waals surface area contributed by atoms with Crippen LogP contribution in [-0.4, -0.2) is 44.0 Å². The number of hydrogen-bond acceptors (Lipinski definition) is 3. The van der Waals surface area contributed by atoms with Gasteiger partial charge in [0.25, 0.3) is 6.43 Å². The van der Waals surface area contributed by atoms with E-state index in [1.54, 1.807) is 0 Å². The average Bonchev–Trinajstić information content (AvgIpc) is 2.31. The molecule has 0 aromatic heterocycles. The lowest BCUT2D eigenvalue weighted by Gasteiger charge is -2.21. The highest BCUT2D eigenvalue weighted by molar-refractivity contribution is 7.89. The first-order valence-electron chi connectivity index (χ1n) is 5.44. The zero-order valence-corrected chi connectivity index (χ0v) is 11.0. The van der Waals surface area contributed by atoms with Crippen molar-refractivity contribution >= 4 is 10.0 Å². The number of hydrogen-bond donors (Lipinski definition) is 1. The molecule has 108 valence electrons. The number of sulfonamides is 1. The van der Waals surface area contributed by atoms with Crippen LogP contribution < -0.4 is 0 Å². The first kappa shape index (κ1) is 15.9. The predicted octanol–water partition coefficient (Wildman–Crippen LogP) is 1.38. The number of nitrogens with zero attached hydrogens (tertiary/aromatic N) is 1. The van der Waals surface area contributed by atoms with E-state index in [4.69, 9.17) is 5.11 Å². The molecule has 0 heterocycles. The summed E-state index contributed by atoms with van der Waals surface area (Å²) in [4.78, 5) is -0.374. The van der Waals surface area contributed by atoms with Gasteiger partial charge in [0, 0.05) is 6.54 Å². The van der Waals surface area contributed by atoms with E-state index in [-0.39, 0.29) is 10.5 Å². The van der Waals surface area contributed by atoms with Gasteiger partial charge in [-0.25, -0.2) is 21.6 Å². The second kappa shape index (κ2) is 6.36. The van der Waals surface area contributed by atoms with Gasteiger partial charge in [-0.15, -0.1) is 0 Å². The van der Waals surface area contributed by atoms with Crippen LogP contribution >= 0.6 is 0 Å². The van der Waals surface area contributed by atoms with Crippen LogP contribution in [0, 0.1) is 12.7 Å². The van der Waals surface area contributed by atoms with Crippen LogP contribution in [-0.2, 0) is 10.0 Å². The summed E-state index contributed by atoms with van der Waals surface area (Å²) in [5, 5.41) is 8.76. The Balaban J connectivity index is 3.22. The highest BCUT2D eigenvalue weighted by Gasteiger charge is 2.28. The maximum Gasteiger partial charge on any atom is 0.252 e. The minimum Gasteiger partial charge on any atom is -0.395 e. The molecule has 1 aromatic rings. The van der Waals surface area contributed by atoms with Crippen LogP contribution in [0.15, 0.2) is 23.1 Å². The van der Waals surface area contributed by atoms with Gasteiger partial charge in [-0.05, 0) is 24.6 Å². The van der Waals surface area contributed by atoms with Gasteiger partial charge in [0.05, 0.1) is 18.0 Å². The molecule has 19 heavy (non-hydrogen) atoms. The second-order valence-corrected chi connectivity index (χ2v) is 5.79. The topological polar surface area (TPSA) is 57.6 Å². The van der Waals surface area contributed by atoms with E-state index >= 15 is 0 Å². The Morgan fingerprint density at radius 2 is 2.00 bits per heavy atom. The Morgan fingerprint density at radius 1 is 1.37 bits per heavy atom. The third-order valence-corrected chi connectivity index (χ3v) is 4.47. The molecular formula is C11H14F3NO3S. The molecule has 0 saturated carbocycles. The van der Waals surface area contributed by atoms with Crippen LogP contribution in [0.5, 0.6) is 0 Å². The fourth-order valence-corrected chi connectivity index (χ4v) is 3.21. The van der Waals surface area contributed by atoms with Crippen LogP contribution in [0.2, 0.25) is 0 Å². The zero-order valence-electron chi connectivity index (χ0n) is 10.2. The quantitative estimate of drug-likeness (QED) is 0.863. The maximum absolute atomic E-state index is 13.1. The van der Waals surface area contributed by atoms with Crippen LogP contribution in [0.3, 0.4) is 0 Å². The van der Waals surface area contributed by atoms with Crippen molar-refractivity contribution < 1.29 is 26.7 Å². The summed E-state index contributed by atoms with van der Waals surface area (Å²) in [7, 11) is -4.26. The van der Waals surface area contributed by atoms with Crippen molar-refractivity contribution in [2.24, 2.45) is 0 Å². The van der Waals surface area contributed by atoms with E-state index in [2.05, 4.69) is 0 Å². The van der Waals surface area contributed by atoms with Gasteiger partial charge in [0.15, 0.2) is 0 Å². The average molecular weight is 297 g/mol. The molecule has 0 amide bonds. The number of alkyl halides is 2. The number of halogens is 3. The molecule has 1 aromatic carbocycles. The molecule has 1 N–H and O–H groups in total. The third-order valence-electron chi connectivity index (χ3n) is 2.46. The largest absolute Gasteiger partial charge is 0.395 e. The van der Waals surface area contributed by atoms with Crippen molar-refractivity contribution in [1.82, 2.24) is 4.31 Å². The Bertz CT molecular complexity index is 534. The Morgan fingerprint density at radius 3 is 2.53 bits per heavy atom. The molecule has 0 bridgehead atoms. The zero-order chi connectivity index (χ0) is 14.6. The maximum atomic E-state index is 13.1. The first-order chi connectivity index (χ1) is 8.78. The van der Waals surface area contributed by atoms with Crippen molar-refractivity contribution in [3.8, 4) is 0 Å².